The number of rotatable bonds is 2. The molecule has 2 aliphatic heterocycles. The van der Waals surface area contributed by atoms with Crippen LogP contribution in [0.2, 0.25) is 0 Å². The molecule has 24 heavy (non-hydrogen) atoms. The van der Waals surface area contributed by atoms with Crippen molar-refractivity contribution in [3.05, 3.63) is 18.2 Å². The van der Waals surface area contributed by atoms with Crippen molar-refractivity contribution in [2.75, 3.05) is 13.3 Å². The van der Waals surface area contributed by atoms with Crippen LogP contribution in [0, 0.1) is 0 Å². The lowest BCUT2D eigenvalue weighted by Crippen LogP contribution is -2.56. The molecule has 2 atom stereocenters. The van der Waals surface area contributed by atoms with E-state index in [-0.39, 0.29) is 49.2 Å². The molecule has 6 nitrogen and oxygen atoms in total. The fourth-order valence-electron chi connectivity index (χ4n) is 2.73. The number of ether oxygens (including phenoxy) is 2. The van der Waals surface area contributed by atoms with Gasteiger partial charge in [0.05, 0.1) is 4.90 Å². The van der Waals surface area contributed by atoms with Crippen LogP contribution >= 0.6 is 12.4 Å². The molecule has 2 aliphatic rings. The topological polar surface area (TPSA) is 81.9 Å². The smallest absolute Gasteiger partial charge is 0.405 e. The van der Waals surface area contributed by atoms with Crippen molar-refractivity contribution in [2.24, 2.45) is 5.73 Å². The van der Waals surface area contributed by atoms with Crippen LogP contribution in [0.4, 0.5) is 13.2 Å². The lowest BCUT2D eigenvalue weighted by atomic mass is 10.0. The highest BCUT2D eigenvalue weighted by Gasteiger charge is 2.50. The van der Waals surface area contributed by atoms with E-state index in [2.05, 4.69) is 0 Å². The van der Waals surface area contributed by atoms with Crippen molar-refractivity contribution >= 4 is 22.4 Å². The summed E-state index contributed by atoms with van der Waals surface area (Å²) >= 11 is 0. The average Bonchev–Trinajstić information content (AvgIpc) is 2.93. The molecule has 0 aliphatic carbocycles. The van der Waals surface area contributed by atoms with Crippen molar-refractivity contribution in [1.29, 1.82) is 0 Å². The van der Waals surface area contributed by atoms with Crippen molar-refractivity contribution in [2.45, 2.75) is 36.0 Å². The number of benzene rings is 1. The molecule has 1 aromatic carbocycles. The summed E-state index contributed by atoms with van der Waals surface area (Å²) in [6, 6.07) is 1.04. The van der Waals surface area contributed by atoms with E-state index in [1.165, 1.54) is 18.2 Å². The van der Waals surface area contributed by atoms with Gasteiger partial charge in [-0.3, -0.25) is 0 Å². The van der Waals surface area contributed by atoms with Crippen molar-refractivity contribution in [3.8, 4) is 11.5 Å². The number of hydrogen-bond acceptors (Lipinski definition) is 5. The Morgan fingerprint density at radius 3 is 2.50 bits per heavy atom. The van der Waals surface area contributed by atoms with Crippen LogP contribution in [0.25, 0.3) is 0 Å². The van der Waals surface area contributed by atoms with Crippen LogP contribution in [0.15, 0.2) is 23.1 Å². The zero-order valence-electron chi connectivity index (χ0n) is 12.3. The summed E-state index contributed by atoms with van der Waals surface area (Å²) in [5.41, 5.74) is 5.68. The van der Waals surface area contributed by atoms with Crippen molar-refractivity contribution in [1.82, 2.24) is 4.31 Å². The van der Waals surface area contributed by atoms with E-state index in [9.17, 15) is 21.6 Å². The second kappa shape index (κ2) is 6.58. The number of hydrogen-bond donors (Lipinski definition) is 1. The summed E-state index contributed by atoms with van der Waals surface area (Å²) < 4.78 is 75.5. The van der Waals surface area contributed by atoms with Gasteiger partial charge in [-0.2, -0.15) is 17.5 Å². The first-order valence-corrected chi connectivity index (χ1v) is 8.37. The Hall–Kier alpha value is -1.23. The van der Waals surface area contributed by atoms with Crippen LogP contribution in [-0.4, -0.2) is 44.3 Å². The van der Waals surface area contributed by atoms with Gasteiger partial charge in [0.15, 0.2) is 11.5 Å². The minimum absolute atomic E-state index is 0. The molecular formula is C13H16ClF3N2O4S. The molecule has 2 unspecified atom stereocenters. The summed E-state index contributed by atoms with van der Waals surface area (Å²) in [4.78, 5) is -0.273. The Kier molecular flexibility index (Phi) is 5.24. The first kappa shape index (κ1) is 19.1. The second-order valence-corrected chi connectivity index (χ2v) is 7.38. The third-order valence-corrected chi connectivity index (χ3v) is 5.77. The van der Waals surface area contributed by atoms with Gasteiger partial charge in [0.25, 0.3) is 0 Å². The van der Waals surface area contributed by atoms with Gasteiger partial charge in [-0.25, -0.2) is 8.42 Å². The number of fused-ring (bicyclic) bond motifs is 1. The van der Waals surface area contributed by atoms with Crippen molar-refractivity contribution < 1.29 is 31.1 Å². The standard InChI is InChI=1S/C13H15F3N2O4S.ClH/c14-13(15,16)12-4-1-8(17)6-18(12)23(19,20)9-2-3-10-11(5-9)22-7-21-10;/h2-3,5,8,12H,1,4,6-7,17H2;1H. The highest BCUT2D eigenvalue weighted by atomic mass is 35.5. The Balaban J connectivity index is 0.00000208. The molecule has 0 saturated carbocycles. The number of halogens is 4. The van der Waals surface area contributed by atoms with Gasteiger partial charge in [-0.1, -0.05) is 0 Å². The molecule has 3 rings (SSSR count). The van der Waals surface area contributed by atoms with Gasteiger partial charge in [0, 0.05) is 18.7 Å². The molecular weight excluding hydrogens is 373 g/mol. The Morgan fingerprint density at radius 1 is 1.17 bits per heavy atom. The van der Waals surface area contributed by atoms with E-state index in [1.807, 2.05) is 0 Å². The van der Waals surface area contributed by atoms with Crippen LogP contribution in [0.1, 0.15) is 12.8 Å². The van der Waals surface area contributed by atoms with Crippen LogP contribution in [0.3, 0.4) is 0 Å². The molecule has 136 valence electrons. The van der Waals surface area contributed by atoms with E-state index in [4.69, 9.17) is 15.2 Å². The van der Waals surface area contributed by atoms with Crippen LogP contribution in [0.5, 0.6) is 11.5 Å². The summed E-state index contributed by atoms with van der Waals surface area (Å²) in [6.07, 6.45) is -4.88. The molecule has 0 radical (unpaired) electrons. The van der Waals surface area contributed by atoms with Crippen LogP contribution < -0.4 is 15.2 Å². The highest BCUT2D eigenvalue weighted by molar-refractivity contribution is 7.89. The summed E-state index contributed by atoms with van der Waals surface area (Å²) in [5, 5.41) is 0. The van der Waals surface area contributed by atoms with Crippen LogP contribution in [-0.2, 0) is 10.0 Å². The molecule has 1 aromatic rings. The number of nitrogens with zero attached hydrogens (tertiary/aromatic N) is 1. The quantitative estimate of drug-likeness (QED) is 0.836. The predicted octanol–water partition coefficient (Wildman–Crippen LogP) is 1.88. The molecule has 2 heterocycles. The fraction of sp³-hybridized carbons (Fsp3) is 0.538. The molecule has 1 saturated heterocycles. The Bertz CT molecular complexity index is 714. The lowest BCUT2D eigenvalue weighted by molar-refractivity contribution is -0.178. The van der Waals surface area contributed by atoms with E-state index in [0.29, 0.717) is 10.1 Å². The maximum absolute atomic E-state index is 13.2. The van der Waals surface area contributed by atoms with Gasteiger partial charge in [-0.05, 0) is 25.0 Å². The van der Waals surface area contributed by atoms with Gasteiger partial charge < -0.3 is 15.2 Å². The summed E-state index contributed by atoms with van der Waals surface area (Å²) in [5.74, 6) is 0.544. The SMILES string of the molecule is Cl.NC1CCC(C(F)(F)F)N(S(=O)(=O)c2ccc3c(c2)OCO3)C1. The van der Waals surface area contributed by atoms with Crippen molar-refractivity contribution in [3.63, 3.8) is 0 Å². The molecule has 1 fully saturated rings. The van der Waals surface area contributed by atoms with E-state index in [1.54, 1.807) is 0 Å². The van der Waals surface area contributed by atoms with Gasteiger partial charge in [-0.15, -0.1) is 12.4 Å². The van der Waals surface area contributed by atoms with Gasteiger partial charge in [0.2, 0.25) is 16.8 Å². The number of sulfonamides is 1. The normalized spacial score (nSPS) is 24.5. The number of piperidine rings is 1. The minimum Gasteiger partial charge on any atom is -0.454 e. The third kappa shape index (κ3) is 3.41. The Labute approximate surface area is 143 Å². The average molecular weight is 389 g/mol. The molecule has 0 amide bonds. The fourth-order valence-corrected chi connectivity index (χ4v) is 4.45. The Morgan fingerprint density at radius 2 is 1.83 bits per heavy atom. The molecule has 2 N–H and O–H groups in total. The molecule has 0 aromatic heterocycles. The third-order valence-electron chi connectivity index (χ3n) is 3.90. The number of nitrogens with two attached hydrogens (primary N) is 1. The zero-order valence-corrected chi connectivity index (χ0v) is 14.0. The van der Waals surface area contributed by atoms with Gasteiger partial charge >= 0.3 is 6.18 Å². The predicted molar refractivity (Wildman–Crippen MR) is 80.8 cm³/mol. The van der Waals surface area contributed by atoms with E-state index >= 15 is 0 Å². The zero-order chi connectivity index (χ0) is 16.8. The molecule has 0 spiro atoms. The maximum atomic E-state index is 13.2. The highest BCUT2D eigenvalue weighted by Crippen LogP contribution is 2.38. The summed E-state index contributed by atoms with van der Waals surface area (Å²) in [6.45, 7) is -0.431. The monoisotopic (exact) mass is 388 g/mol. The maximum Gasteiger partial charge on any atom is 0.405 e. The first-order valence-electron chi connectivity index (χ1n) is 6.93. The second-order valence-electron chi connectivity index (χ2n) is 5.48. The summed E-state index contributed by atoms with van der Waals surface area (Å²) in [7, 11) is -4.35. The molecule has 0 bridgehead atoms. The van der Waals surface area contributed by atoms with E-state index < -0.39 is 28.3 Å². The lowest BCUT2D eigenvalue weighted by Gasteiger charge is -2.38. The van der Waals surface area contributed by atoms with Gasteiger partial charge in [0.1, 0.15) is 6.04 Å². The minimum atomic E-state index is -4.65. The largest absolute Gasteiger partial charge is 0.454 e. The number of alkyl halides is 3. The van der Waals surface area contributed by atoms with E-state index in [0.717, 1.165) is 0 Å². The first-order chi connectivity index (χ1) is 10.7. The molecule has 11 heteroatoms.